The number of hydrogen-bond donors (Lipinski definition) is 0. The summed E-state index contributed by atoms with van der Waals surface area (Å²) < 4.78 is 0. The Kier molecular flexibility index (Phi) is 4.32. The zero-order valence-corrected chi connectivity index (χ0v) is 11.6. The number of pyridine rings is 1. The van der Waals surface area contributed by atoms with Crippen LogP contribution < -0.4 is 0 Å². The van der Waals surface area contributed by atoms with Gasteiger partial charge in [0.25, 0.3) is 0 Å². The molecule has 2 aromatic rings. The van der Waals surface area contributed by atoms with Gasteiger partial charge in [0.15, 0.2) is 0 Å². The fourth-order valence-electron chi connectivity index (χ4n) is 1.41. The molecule has 1 aromatic carbocycles. The van der Waals surface area contributed by atoms with E-state index in [-0.39, 0.29) is 0 Å². The van der Waals surface area contributed by atoms with Gasteiger partial charge in [-0.25, -0.2) is 4.98 Å². The molecule has 0 spiro atoms. The van der Waals surface area contributed by atoms with Gasteiger partial charge in [0.1, 0.15) is 5.15 Å². The van der Waals surface area contributed by atoms with E-state index < -0.39 is 0 Å². The van der Waals surface area contributed by atoms with E-state index in [2.05, 4.69) is 4.98 Å². The fourth-order valence-corrected chi connectivity index (χ4v) is 2.95. The Labute approximate surface area is 115 Å². The normalized spacial score (nSPS) is 10.5. The van der Waals surface area contributed by atoms with Crippen molar-refractivity contribution in [3.63, 3.8) is 0 Å². The number of hydrogen-bond acceptors (Lipinski definition) is 2. The van der Waals surface area contributed by atoms with Crippen LogP contribution in [0.2, 0.25) is 10.2 Å². The van der Waals surface area contributed by atoms with Crippen LogP contribution in [0, 0.1) is 6.92 Å². The van der Waals surface area contributed by atoms with Crippen LogP contribution >= 0.6 is 35.0 Å². The first-order chi connectivity index (χ1) is 8.16. The van der Waals surface area contributed by atoms with Crippen LogP contribution in [-0.2, 0) is 5.75 Å². The molecular formula is C13H11Cl2NS. The predicted molar refractivity (Wildman–Crippen MR) is 75.0 cm³/mol. The first-order valence-corrected chi connectivity index (χ1v) is 6.89. The molecule has 1 aromatic heterocycles. The lowest BCUT2D eigenvalue weighted by Gasteiger charge is -2.06. The molecule has 0 aliphatic rings. The van der Waals surface area contributed by atoms with Crippen LogP contribution in [0.3, 0.4) is 0 Å². The van der Waals surface area contributed by atoms with E-state index in [0.29, 0.717) is 5.15 Å². The molecule has 0 fully saturated rings. The van der Waals surface area contributed by atoms with E-state index in [9.17, 15) is 0 Å². The lowest BCUT2D eigenvalue weighted by molar-refractivity contribution is 1.18. The maximum Gasteiger partial charge on any atom is 0.130 e. The van der Waals surface area contributed by atoms with Crippen molar-refractivity contribution in [1.82, 2.24) is 4.98 Å². The molecule has 0 aliphatic heterocycles. The van der Waals surface area contributed by atoms with Gasteiger partial charge >= 0.3 is 0 Å². The number of thioether (sulfide) groups is 1. The topological polar surface area (TPSA) is 12.9 Å². The number of rotatable bonds is 3. The second-order valence-corrected chi connectivity index (χ2v) is 5.46. The summed E-state index contributed by atoms with van der Waals surface area (Å²) in [5.41, 5.74) is 2.26. The summed E-state index contributed by atoms with van der Waals surface area (Å²) in [5, 5.41) is 1.33. The number of aryl methyl sites for hydroxylation is 1. The van der Waals surface area contributed by atoms with E-state index in [4.69, 9.17) is 23.2 Å². The lowest BCUT2D eigenvalue weighted by atomic mass is 10.2. The third kappa shape index (κ3) is 3.38. The molecule has 17 heavy (non-hydrogen) atoms. The summed E-state index contributed by atoms with van der Waals surface area (Å²) in [6.07, 6.45) is 1.79. The highest BCUT2D eigenvalue weighted by atomic mass is 35.5. The molecule has 1 nitrogen and oxygen atoms in total. The van der Waals surface area contributed by atoms with Crippen LogP contribution in [0.5, 0.6) is 0 Å². The summed E-state index contributed by atoms with van der Waals surface area (Å²) in [4.78, 5) is 5.18. The van der Waals surface area contributed by atoms with Crippen molar-refractivity contribution >= 4 is 35.0 Å². The van der Waals surface area contributed by atoms with E-state index in [0.717, 1.165) is 26.8 Å². The van der Waals surface area contributed by atoms with Crippen LogP contribution in [0.25, 0.3) is 0 Å². The second-order valence-electron chi connectivity index (χ2n) is 3.65. The highest BCUT2D eigenvalue weighted by Crippen LogP contribution is 2.29. The molecule has 2 rings (SSSR count). The largest absolute Gasteiger partial charge is 0.244 e. The molecule has 0 saturated carbocycles. The SMILES string of the molecule is Cc1cnc(Cl)cc1SCc1ccccc1Cl. The van der Waals surface area contributed by atoms with E-state index in [1.807, 2.05) is 37.3 Å². The lowest BCUT2D eigenvalue weighted by Crippen LogP contribution is -1.86. The summed E-state index contributed by atoms with van der Waals surface area (Å²) >= 11 is 13.7. The molecule has 0 radical (unpaired) electrons. The molecule has 0 aliphatic carbocycles. The highest BCUT2D eigenvalue weighted by molar-refractivity contribution is 7.98. The van der Waals surface area contributed by atoms with Crippen molar-refractivity contribution in [2.45, 2.75) is 17.6 Å². The Bertz CT molecular complexity index is 529. The third-order valence-corrected chi connectivity index (χ3v) is 4.14. The van der Waals surface area contributed by atoms with Gasteiger partial charge in [-0.2, -0.15) is 0 Å². The van der Waals surface area contributed by atoms with Gasteiger partial charge < -0.3 is 0 Å². The predicted octanol–water partition coefficient (Wildman–Crippen LogP) is 4.99. The Balaban J connectivity index is 2.12. The standard InChI is InChI=1S/C13H11Cl2NS/c1-9-7-16-13(15)6-12(9)17-8-10-4-2-3-5-11(10)14/h2-7H,8H2,1H3. The average molecular weight is 284 g/mol. The summed E-state index contributed by atoms with van der Waals surface area (Å²) in [5.74, 6) is 0.834. The van der Waals surface area contributed by atoms with Crippen LogP contribution in [0.4, 0.5) is 0 Å². The Morgan fingerprint density at radius 2 is 2.00 bits per heavy atom. The maximum absolute atomic E-state index is 6.11. The summed E-state index contributed by atoms with van der Waals surface area (Å²) in [7, 11) is 0. The second kappa shape index (κ2) is 5.76. The Hall–Kier alpha value is -0.700. The van der Waals surface area contributed by atoms with E-state index in [1.165, 1.54) is 0 Å². The zero-order valence-electron chi connectivity index (χ0n) is 9.28. The van der Waals surface area contributed by atoms with E-state index in [1.54, 1.807) is 18.0 Å². The van der Waals surface area contributed by atoms with Crippen LogP contribution in [0.1, 0.15) is 11.1 Å². The minimum atomic E-state index is 0.525. The quantitative estimate of drug-likeness (QED) is 0.581. The zero-order chi connectivity index (χ0) is 12.3. The molecule has 0 saturated heterocycles. The maximum atomic E-state index is 6.11. The van der Waals surface area contributed by atoms with Crippen molar-refractivity contribution < 1.29 is 0 Å². The number of benzene rings is 1. The van der Waals surface area contributed by atoms with Gasteiger partial charge in [0, 0.05) is 21.9 Å². The van der Waals surface area contributed by atoms with Gasteiger partial charge in [-0.05, 0) is 30.2 Å². The molecule has 0 bridgehead atoms. The number of halogens is 2. The van der Waals surface area contributed by atoms with Crippen LogP contribution in [-0.4, -0.2) is 4.98 Å². The number of aromatic nitrogens is 1. The molecule has 0 unspecified atom stereocenters. The van der Waals surface area contributed by atoms with Gasteiger partial charge in [-0.1, -0.05) is 41.4 Å². The van der Waals surface area contributed by atoms with E-state index >= 15 is 0 Å². The van der Waals surface area contributed by atoms with Crippen molar-refractivity contribution in [2.24, 2.45) is 0 Å². The average Bonchev–Trinajstić information content (AvgIpc) is 2.32. The fraction of sp³-hybridized carbons (Fsp3) is 0.154. The molecular weight excluding hydrogens is 273 g/mol. The van der Waals surface area contributed by atoms with Gasteiger partial charge in [0.05, 0.1) is 0 Å². The third-order valence-electron chi connectivity index (χ3n) is 2.36. The van der Waals surface area contributed by atoms with Gasteiger partial charge in [-0.3, -0.25) is 0 Å². The van der Waals surface area contributed by atoms with Crippen molar-refractivity contribution in [3.05, 3.63) is 57.8 Å². The molecule has 1 heterocycles. The smallest absolute Gasteiger partial charge is 0.130 e. The Morgan fingerprint density at radius 1 is 1.24 bits per heavy atom. The van der Waals surface area contributed by atoms with Crippen molar-refractivity contribution in [2.75, 3.05) is 0 Å². The van der Waals surface area contributed by atoms with Gasteiger partial charge in [-0.15, -0.1) is 11.8 Å². The summed E-state index contributed by atoms with van der Waals surface area (Å²) in [6.45, 7) is 2.03. The van der Waals surface area contributed by atoms with Gasteiger partial charge in [0.2, 0.25) is 0 Å². The molecule has 0 amide bonds. The monoisotopic (exact) mass is 283 g/mol. The Morgan fingerprint density at radius 3 is 2.76 bits per heavy atom. The van der Waals surface area contributed by atoms with Crippen molar-refractivity contribution in [1.29, 1.82) is 0 Å². The van der Waals surface area contributed by atoms with Crippen LogP contribution in [0.15, 0.2) is 41.4 Å². The molecule has 88 valence electrons. The molecule has 0 atom stereocenters. The van der Waals surface area contributed by atoms with Crippen molar-refractivity contribution in [3.8, 4) is 0 Å². The highest BCUT2D eigenvalue weighted by Gasteiger charge is 2.04. The first kappa shape index (κ1) is 12.7. The minimum absolute atomic E-state index is 0.525. The summed E-state index contributed by atoms with van der Waals surface area (Å²) in [6, 6.07) is 9.76. The first-order valence-electron chi connectivity index (χ1n) is 5.15. The minimum Gasteiger partial charge on any atom is -0.244 e. The molecule has 0 N–H and O–H groups in total. The molecule has 4 heteroatoms. The number of nitrogens with zero attached hydrogens (tertiary/aromatic N) is 1.